The maximum atomic E-state index is 13.7. The van der Waals surface area contributed by atoms with E-state index in [0.29, 0.717) is 5.56 Å². The van der Waals surface area contributed by atoms with Gasteiger partial charge in [0, 0.05) is 12.1 Å². The second-order valence-electron chi connectivity index (χ2n) is 5.65. The fraction of sp³-hybridized carbons (Fsp3) is 0.294. The highest BCUT2D eigenvalue weighted by Crippen LogP contribution is 2.39. The largest absolute Gasteiger partial charge is 0.380 e. The molecular formula is C17H16F3N. The minimum absolute atomic E-state index is 0.0925. The molecule has 21 heavy (non-hydrogen) atoms. The van der Waals surface area contributed by atoms with E-state index in [1.165, 1.54) is 31.2 Å². The molecule has 0 atom stereocenters. The zero-order valence-electron chi connectivity index (χ0n) is 11.7. The summed E-state index contributed by atoms with van der Waals surface area (Å²) in [6.07, 6.45) is 1.58. The molecule has 0 amide bonds. The molecule has 1 N–H and O–H groups in total. The molecule has 0 heterocycles. The van der Waals surface area contributed by atoms with Crippen LogP contribution in [0.1, 0.15) is 29.9 Å². The molecule has 1 fully saturated rings. The average molecular weight is 291 g/mol. The van der Waals surface area contributed by atoms with Crippen LogP contribution in [0.4, 0.5) is 18.9 Å². The van der Waals surface area contributed by atoms with Crippen molar-refractivity contribution in [3.05, 3.63) is 65.0 Å². The van der Waals surface area contributed by atoms with Gasteiger partial charge in [-0.25, -0.2) is 13.2 Å². The lowest BCUT2D eigenvalue weighted by atomic mass is 9.76. The van der Waals surface area contributed by atoms with Gasteiger partial charge in [-0.3, -0.25) is 0 Å². The molecule has 0 spiro atoms. The van der Waals surface area contributed by atoms with Gasteiger partial charge in [-0.05, 0) is 55.0 Å². The van der Waals surface area contributed by atoms with Crippen LogP contribution in [0.25, 0.3) is 0 Å². The van der Waals surface area contributed by atoms with Gasteiger partial charge in [-0.15, -0.1) is 0 Å². The summed E-state index contributed by atoms with van der Waals surface area (Å²) in [7, 11) is 0. The van der Waals surface area contributed by atoms with E-state index in [-0.39, 0.29) is 23.5 Å². The third kappa shape index (κ3) is 2.89. The van der Waals surface area contributed by atoms with Gasteiger partial charge in [0.15, 0.2) is 0 Å². The molecule has 2 aromatic carbocycles. The standard InChI is InChI=1S/C17H16F3N/c1-10-5-16(20)17(9-15(10)19)21-14-7-12(8-14)11-3-2-4-13(18)6-11/h2-6,9,12,14,21H,7-8H2,1H3. The lowest BCUT2D eigenvalue weighted by Gasteiger charge is -2.37. The van der Waals surface area contributed by atoms with Crippen molar-refractivity contribution in [2.24, 2.45) is 0 Å². The van der Waals surface area contributed by atoms with Gasteiger partial charge in [-0.2, -0.15) is 0 Å². The second-order valence-corrected chi connectivity index (χ2v) is 5.65. The molecule has 0 aromatic heterocycles. The number of nitrogens with one attached hydrogen (secondary N) is 1. The summed E-state index contributed by atoms with van der Waals surface area (Å²) in [6.45, 7) is 1.53. The maximum absolute atomic E-state index is 13.7. The Morgan fingerprint density at radius 3 is 2.48 bits per heavy atom. The SMILES string of the molecule is Cc1cc(F)c(NC2CC(c3cccc(F)c3)C2)cc1F. The molecule has 1 nitrogen and oxygen atoms in total. The molecule has 0 radical (unpaired) electrons. The molecule has 2 aromatic rings. The molecule has 3 rings (SSSR count). The first-order valence-corrected chi connectivity index (χ1v) is 7.00. The van der Waals surface area contributed by atoms with E-state index in [4.69, 9.17) is 0 Å². The van der Waals surface area contributed by atoms with E-state index in [1.807, 2.05) is 6.07 Å². The Morgan fingerprint density at radius 1 is 1.00 bits per heavy atom. The highest BCUT2D eigenvalue weighted by atomic mass is 19.1. The quantitative estimate of drug-likeness (QED) is 0.859. The lowest BCUT2D eigenvalue weighted by Crippen LogP contribution is -2.34. The third-order valence-corrected chi connectivity index (χ3v) is 4.07. The van der Waals surface area contributed by atoms with Crippen molar-refractivity contribution in [2.45, 2.75) is 31.7 Å². The molecular weight excluding hydrogens is 275 g/mol. The molecule has 1 aliphatic carbocycles. The van der Waals surface area contributed by atoms with Crippen LogP contribution in [0.15, 0.2) is 36.4 Å². The normalized spacial score (nSPS) is 21.0. The van der Waals surface area contributed by atoms with E-state index in [9.17, 15) is 13.2 Å². The Hall–Kier alpha value is -1.97. The number of rotatable bonds is 3. The van der Waals surface area contributed by atoms with Gasteiger partial charge >= 0.3 is 0 Å². The first-order chi connectivity index (χ1) is 10.0. The first-order valence-electron chi connectivity index (χ1n) is 7.00. The summed E-state index contributed by atoms with van der Waals surface area (Å²) in [5.41, 5.74) is 1.45. The van der Waals surface area contributed by atoms with Crippen LogP contribution in [0.2, 0.25) is 0 Å². The van der Waals surface area contributed by atoms with Gasteiger partial charge in [0.1, 0.15) is 17.5 Å². The minimum atomic E-state index is -0.442. The second kappa shape index (κ2) is 5.43. The number of aryl methyl sites for hydroxylation is 1. The van der Waals surface area contributed by atoms with Crippen molar-refractivity contribution >= 4 is 5.69 Å². The van der Waals surface area contributed by atoms with Gasteiger partial charge in [0.05, 0.1) is 5.69 Å². The average Bonchev–Trinajstić information content (AvgIpc) is 2.39. The van der Waals surface area contributed by atoms with Crippen LogP contribution < -0.4 is 5.32 Å². The topological polar surface area (TPSA) is 12.0 Å². The molecule has 0 unspecified atom stereocenters. The summed E-state index contributed by atoms with van der Waals surface area (Å²) in [6, 6.07) is 9.03. The Bertz CT molecular complexity index is 663. The monoisotopic (exact) mass is 291 g/mol. The van der Waals surface area contributed by atoms with Crippen LogP contribution in [0, 0.1) is 24.4 Å². The number of hydrogen-bond donors (Lipinski definition) is 1. The predicted octanol–water partition coefficient (Wildman–Crippen LogP) is 4.77. The highest BCUT2D eigenvalue weighted by Gasteiger charge is 2.31. The fourth-order valence-corrected chi connectivity index (χ4v) is 2.75. The summed E-state index contributed by atoms with van der Waals surface area (Å²) in [5.74, 6) is -0.824. The van der Waals surface area contributed by atoms with E-state index in [1.54, 1.807) is 6.07 Å². The number of benzene rings is 2. The Morgan fingerprint density at radius 2 is 1.76 bits per heavy atom. The van der Waals surface area contributed by atoms with E-state index < -0.39 is 11.6 Å². The Kier molecular flexibility index (Phi) is 3.62. The van der Waals surface area contributed by atoms with Crippen molar-refractivity contribution in [3.8, 4) is 0 Å². The van der Waals surface area contributed by atoms with E-state index in [0.717, 1.165) is 18.4 Å². The zero-order valence-corrected chi connectivity index (χ0v) is 11.7. The lowest BCUT2D eigenvalue weighted by molar-refractivity contribution is 0.371. The summed E-state index contributed by atoms with van der Waals surface area (Å²) in [4.78, 5) is 0. The van der Waals surface area contributed by atoms with Crippen molar-refractivity contribution in [1.82, 2.24) is 0 Å². The Balaban J connectivity index is 1.64. The fourth-order valence-electron chi connectivity index (χ4n) is 2.75. The summed E-state index contributed by atoms with van der Waals surface area (Å²) < 4.78 is 40.4. The molecule has 0 saturated heterocycles. The van der Waals surface area contributed by atoms with Gasteiger partial charge in [0.2, 0.25) is 0 Å². The van der Waals surface area contributed by atoms with Gasteiger partial charge < -0.3 is 5.32 Å². The zero-order chi connectivity index (χ0) is 15.0. The third-order valence-electron chi connectivity index (χ3n) is 4.07. The number of hydrogen-bond acceptors (Lipinski definition) is 1. The number of anilines is 1. The molecule has 1 aliphatic rings. The van der Waals surface area contributed by atoms with E-state index >= 15 is 0 Å². The maximum Gasteiger partial charge on any atom is 0.146 e. The smallest absolute Gasteiger partial charge is 0.146 e. The van der Waals surface area contributed by atoms with Crippen LogP contribution in [-0.4, -0.2) is 6.04 Å². The van der Waals surface area contributed by atoms with Crippen LogP contribution >= 0.6 is 0 Å². The molecule has 4 heteroatoms. The predicted molar refractivity (Wildman–Crippen MR) is 76.9 cm³/mol. The summed E-state index contributed by atoms with van der Waals surface area (Å²) in [5, 5.41) is 3.02. The van der Waals surface area contributed by atoms with Gasteiger partial charge in [0.25, 0.3) is 0 Å². The molecule has 0 aliphatic heterocycles. The van der Waals surface area contributed by atoms with Crippen molar-refractivity contribution in [1.29, 1.82) is 0 Å². The van der Waals surface area contributed by atoms with Crippen molar-refractivity contribution < 1.29 is 13.2 Å². The van der Waals surface area contributed by atoms with Crippen LogP contribution in [-0.2, 0) is 0 Å². The number of halogens is 3. The molecule has 110 valence electrons. The van der Waals surface area contributed by atoms with E-state index in [2.05, 4.69) is 5.32 Å². The van der Waals surface area contributed by atoms with Crippen LogP contribution in [0.3, 0.4) is 0 Å². The highest BCUT2D eigenvalue weighted by molar-refractivity contribution is 5.48. The Labute approximate surface area is 121 Å². The molecule has 1 saturated carbocycles. The summed E-state index contributed by atoms with van der Waals surface area (Å²) >= 11 is 0. The van der Waals surface area contributed by atoms with Crippen molar-refractivity contribution in [2.75, 3.05) is 5.32 Å². The van der Waals surface area contributed by atoms with Crippen LogP contribution in [0.5, 0.6) is 0 Å². The minimum Gasteiger partial charge on any atom is -0.380 e. The molecule has 0 bridgehead atoms. The van der Waals surface area contributed by atoms with Crippen molar-refractivity contribution in [3.63, 3.8) is 0 Å². The van der Waals surface area contributed by atoms with Gasteiger partial charge in [-0.1, -0.05) is 12.1 Å². The first kappa shape index (κ1) is 14.0.